The molecule has 1 aromatic heterocycles. The van der Waals surface area contributed by atoms with Crippen LogP contribution >= 0.6 is 0 Å². The van der Waals surface area contributed by atoms with E-state index >= 15 is 0 Å². The van der Waals surface area contributed by atoms with Gasteiger partial charge in [0.05, 0.1) is 19.8 Å². The first-order valence-electron chi connectivity index (χ1n) is 11.0. The summed E-state index contributed by atoms with van der Waals surface area (Å²) in [5.74, 6) is -0.0490. The van der Waals surface area contributed by atoms with Gasteiger partial charge >= 0.3 is 5.97 Å². The molecule has 37 heavy (non-hydrogen) atoms. The highest BCUT2D eigenvalue weighted by atomic mass is 16.5. The van der Waals surface area contributed by atoms with Crippen LogP contribution < -0.4 is 14.8 Å². The van der Waals surface area contributed by atoms with E-state index in [1.165, 1.54) is 24.3 Å². The van der Waals surface area contributed by atoms with Crippen LogP contribution in [0.5, 0.6) is 17.2 Å². The Balaban J connectivity index is 1.64. The Labute approximate surface area is 212 Å². The maximum Gasteiger partial charge on any atom is 0.338 e. The number of nitrogens with one attached hydrogen (secondary N) is 1. The SMILES string of the molecule is COc1ccc(-c2oc(NC(=O)COC(=O)c3cccc(O)c3)c(C#N)c2-c2ccc(OC)cc2)cc1. The molecule has 0 unspecified atom stereocenters. The number of nitriles is 1. The third kappa shape index (κ3) is 5.55. The quantitative estimate of drug-likeness (QED) is 0.324. The molecule has 1 amide bonds. The lowest BCUT2D eigenvalue weighted by molar-refractivity contribution is -0.119. The van der Waals surface area contributed by atoms with E-state index in [4.69, 9.17) is 18.6 Å². The average Bonchev–Trinajstić information content (AvgIpc) is 3.29. The Bertz CT molecular complexity index is 1470. The fourth-order valence-corrected chi connectivity index (χ4v) is 3.61. The highest BCUT2D eigenvalue weighted by Gasteiger charge is 2.25. The van der Waals surface area contributed by atoms with Crippen LogP contribution in [0.2, 0.25) is 0 Å². The monoisotopic (exact) mass is 498 g/mol. The fraction of sp³-hybridized carbons (Fsp3) is 0.107. The molecule has 0 atom stereocenters. The molecule has 0 saturated heterocycles. The molecule has 0 fully saturated rings. The summed E-state index contributed by atoms with van der Waals surface area (Å²) in [6, 6.07) is 21.8. The first-order chi connectivity index (χ1) is 17.9. The molecule has 0 saturated carbocycles. The normalized spacial score (nSPS) is 10.3. The molecule has 9 heteroatoms. The van der Waals surface area contributed by atoms with Crippen molar-refractivity contribution in [1.82, 2.24) is 0 Å². The smallest absolute Gasteiger partial charge is 0.338 e. The maximum absolute atomic E-state index is 12.6. The Morgan fingerprint density at radius 1 is 0.946 bits per heavy atom. The van der Waals surface area contributed by atoms with Crippen LogP contribution in [0.3, 0.4) is 0 Å². The lowest BCUT2D eigenvalue weighted by atomic mass is 9.98. The van der Waals surface area contributed by atoms with Crippen molar-refractivity contribution in [1.29, 1.82) is 5.26 Å². The topological polar surface area (TPSA) is 131 Å². The molecule has 0 aliphatic carbocycles. The third-order valence-electron chi connectivity index (χ3n) is 5.42. The molecule has 2 N–H and O–H groups in total. The number of rotatable bonds is 8. The van der Waals surface area contributed by atoms with Gasteiger partial charge in [0.25, 0.3) is 5.91 Å². The van der Waals surface area contributed by atoms with Gasteiger partial charge in [0.15, 0.2) is 6.61 Å². The van der Waals surface area contributed by atoms with Crippen molar-refractivity contribution in [2.24, 2.45) is 0 Å². The van der Waals surface area contributed by atoms with Gasteiger partial charge in [0, 0.05) is 11.1 Å². The number of carbonyl (C=O) groups excluding carboxylic acids is 2. The fourth-order valence-electron chi connectivity index (χ4n) is 3.61. The molecule has 0 aliphatic heterocycles. The molecular weight excluding hydrogens is 476 g/mol. The number of methoxy groups -OCH3 is 2. The summed E-state index contributed by atoms with van der Waals surface area (Å²) < 4.78 is 21.5. The predicted molar refractivity (Wildman–Crippen MR) is 134 cm³/mol. The second-order valence-corrected chi connectivity index (χ2v) is 7.75. The number of anilines is 1. The second-order valence-electron chi connectivity index (χ2n) is 7.75. The number of furan rings is 1. The number of aromatic hydroxyl groups is 1. The number of hydrogen-bond donors (Lipinski definition) is 2. The number of carbonyl (C=O) groups is 2. The average molecular weight is 498 g/mol. The van der Waals surface area contributed by atoms with Crippen LogP contribution in [0.15, 0.2) is 77.2 Å². The molecule has 4 rings (SSSR count). The van der Waals surface area contributed by atoms with E-state index in [9.17, 15) is 20.0 Å². The van der Waals surface area contributed by atoms with Crippen LogP contribution in [-0.4, -0.2) is 37.8 Å². The van der Waals surface area contributed by atoms with E-state index in [-0.39, 0.29) is 22.8 Å². The number of phenolic OH excluding ortho intramolecular Hbond substituents is 1. The van der Waals surface area contributed by atoms with Crippen LogP contribution in [-0.2, 0) is 9.53 Å². The highest BCUT2D eigenvalue weighted by molar-refractivity contribution is 5.98. The van der Waals surface area contributed by atoms with Gasteiger partial charge in [-0.05, 0) is 60.2 Å². The van der Waals surface area contributed by atoms with Gasteiger partial charge in [-0.2, -0.15) is 5.26 Å². The van der Waals surface area contributed by atoms with Gasteiger partial charge in [-0.1, -0.05) is 18.2 Å². The van der Waals surface area contributed by atoms with Crippen LogP contribution in [0, 0.1) is 11.3 Å². The van der Waals surface area contributed by atoms with Crippen molar-refractivity contribution in [3.8, 4) is 45.8 Å². The van der Waals surface area contributed by atoms with Crippen molar-refractivity contribution in [3.05, 3.63) is 83.9 Å². The molecule has 4 aromatic rings. The zero-order chi connectivity index (χ0) is 26.4. The first-order valence-corrected chi connectivity index (χ1v) is 11.0. The van der Waals surface area contributed by atoms with Gasteiger partial charge in [0.2, 0.25) is 5.88 Å². The van der Waals surface area contributed by atoms with E-state index in [0.29, 0.717) is 33.9 Å². The molecule has 9 nitrogen and oxygen atoms in total. The molecule has 0 spiro atoms. The molecule has 3 aromatic carbocycles. The Hall–Kier alpha value is -5.23. The van der Waals surface area contributed by atoms with E-state index in [1.807, 2.05) is 0 Å². The molecule has 186 valence electrons. The summed E-state index contributed by atoms with van der Waals surface area (Å²) in [5.41, 5.74) is 1.99. The number of phenols is 1. The summed E-state index contributed by atoms with van der Waals surface area (Å²) in [4.78, 5) is 24.8. The number of benzene rings is 3. The maximum atomic E-state index is 12.6. The molecule has 0 aliphatic rings. The largest absolute Gasteiger partial charge is 0.508 e. The van der Waals surface area contributed by atoms with Crippen molar-refractivity contribution in [2.75, 3.05) is 26.1 Å². The van der Waals surface area contributed by atoms with Crippen molar-refractivity contribution >= 4 is 17.8 Å². The van der Waals surface area contributed by atoms with Crippen molar-refractivity contribution < 1.29 is 33.3 Å². The molecule has 0 radical (unpaired) electrons. The molecule has 1 heterocycles. The van der Waals surface area contributed by atoms with Crippen LogP contribution in [0.4, 0.5) is 5.88 Å². The first kappa shape index (κ1) is 24.9. The second kappa shape index (κ2) is 11.0. The zero-order valence-electron chi connectivity index (χ0n) is 20.0. The van der Waals surface area contributed by atoms with Gasteiger partial charge in [0.1, 0.15) is 34.6 Å². The summed E-state index contributed by atoms with van der Waals surface area (Å²) in [5, 5.41) is 22.0. The lowest BCUT2D eigenvalue weighted by Crippen LogP contribution is -2.21. The summed E-state index contributed by atoms with van der Waals surface area (Å²) in [6.45, 7) is -0.629. The third-order valence-corrected chi connectivity index (χ3v) is 5.42. The number of hydrogen-bond acceptors (Lipinski definition) is 8. The lowest BCUT2D eigenvalue weighted by Gasteiger charge is -2.06. The summed E-state index contributed by atoms with van der Waals surface area (Å²) in [6.07, 6.45) is 0. The number of amides is 1. The standard InChI is InChI=1S/C28H22N2O7/c1-34-21-10-6-17(7-11-21)25-23(15-29)27(37-26(25)18-8-12-22(35-2)13-9-18)30-24(32)16-36-28(33)19-4-3-5-20(31)14-19/h3-14,31H,16H2,1-2H3,(H,30,32). The highest BCUT2D eigenvalue weighted by Crippen LogP contribution is 2.42. The van der Waals surface area contributed by atoms with E-state index in [0.717, 1.165) is 0 Å². The van der Waals surface area contributed by atoms with Crippen LogP contribution in [0.1, 0.15) is 15.9 Å². The number of esters is 1. The zero-order valence-corrected chi connectivity index (χ0v) is 20.0. The van der Waals surface area contributed by atoms with Crippen LogP contribution in [0.25, 0.3) is 22.5 Å². The van der Waals surface area contributed by atoms with Gasteiger partial charge in [-0.15, -0.1) is 0 Å². The number of ether oxygens (including phenoxy) is 3. The van der Waals surface area contributed by atoms with Crippen molar-refractivity contribution in [2.45, 2.75) is 0 Å². The van der Waals surface area contributed by atoms with Gasteiger partial charge < -0.3 is 23.7 Å². The molecule has 0 bridgehead atoms. The Morgan fingerprint density at radius 2 is 1.57 bits per heavy atom. The van der Waals surface area contributed by atoms with E-state index in [1.54, 1.807) is 62.8 Å². The van der Waals surface area contributed by atoms with Gasteiger partial charge in [-0.25, -0.2) is 4.79 Å². The minimum atomic E-state index is -0.788. The van der Waals surface area contributed by atoms with Crippen molar-refractivity contribution in [3.63, 3.8) is 0 Å². The van der Waals surface area contributed by atoms with Gasteiger partial charge in [-0.3, -0.25) is 10.1 Å². The number of nitrogens with zero attached hydrogens (tertiary/aromatic N) is 1. The van der Waals surface area contributed by atoms with E-state index < -0.39 is 18.5 Å². The van der Waals surface area contributed by atoms with E-state index in [2.05, 4.69) is 11.4 Å². The summed E-state index contributed by atoms with van der Waals surface area (Å²) in [7, 11) is 3.11. The Morgan fingerprint density at radius 3 is 2.14 bits per heavy atom. The predicted octanol–water partition coefficient (Wildman–Crippen LogP) is 5.00. The Kier molecular flexibility index (Phi) is 7.40. The molecular formula is C28H22N2O7. The minimum absolute atomic E-state index is 0.0856. The summed E-state index contributed by atoms with van der Waals surface area (Å²) >= 11 is 0. The minimum Gasteiger partial charge on any atom is -0.508 e.